The first-order valence-electron chi connectivity index (χ1n) is 13.5. The molecule has 1 saturated heterocycles. The number of hydrogen-bond donors (Lipinski definition) is 1. The minimum absolute atomic E-state index is 0.0531. The van der Waals surface area contributed by atoms with Crippen molar-refractivity contribution in [3.05, 3.63) is 107 Å². The van der Waals surface area contributed by atoms with E-state index in [0.717, 1.165) is 30.0 Å². The summed E-state index contributed by atoms with van der Waals surface area (Å²) in [5.41, 5.74) is 8.20. The Hall–Kier alpha value is -3.64. The molecule has 0 spiro atoms. The highest BCUT2D eigenvalue weighted by molar-refractivity contribution is 7.80. The van der Waals surface area contributed by atoms with E-state index < -0.39 is 0 Å². The molecule has 0 unspecified atom stereocenters. The zero-order valence-electron chi connectivity index (χ0n) is 22.2. The lowest BCUT2D eigenvalue weighted by atomic mass is 9.93. The van der Waals surface area contributed by atoms with Crippen molar-refractivity contribution in [2.24, 2.45) is 0 Å². The highest BCUT2D eigenvalue weighted by atomic mass is 32.1. The Morgan fingerprint density at radius 1 is 0.842 bits per heavy atom. The topological polar surface area (TPSA) is 42.3 Å². The standard InChI is InChI=1S/C32H34N4OS/c1-21-22(2)35(24-11-5-4-6-12-24)23(3)29(21)31-30(28-15-9-10-20-33-28)34-32(38)36(31)25-16-18-27(19-17-25)37-26-13-7-8-14-26/h4-6,9-12,15-20,26,30-31H,7-8,13-14H2,1-3H3,(H,34,38)/t30-,31-/m0/s1. The van der Waals surface area contributed by atoms with Crippen LogP contribution in [-0.4, -0.2) is 20.8 Å². The lowest BCUT2D eigenvalue weighted by molar-refractivity contribution is 0.210. The number of benzene rings is 2. The van der Waals surface area contributed by atoms with Gasteiger partial charge in [-0.1, -0.05) is 24.3 Å². The van der Waals surface area contributed by atoms with Crippen molar-refractivity contribution in [3.63, 3.8) is 0 Å². The Morgan fingerprint density at radius 2 is 1.55 bits per heavy atom. The number of aromatic nitrogens is 2. The van der Waals surface area contributed by atoms with Gasteiger partial charge in [-0.25, -0.2) is 0 Å². The fourth-order valence-corrected chi connectivity index (χ4v) is 6.56. The Morgan fingerprint density at radius 3 is 2.24 bits per heavy atom. The van der Waals surface area contributed by atoms with Gasteiger partial charge in [0.25, 0.3) is 0 Å². The molecule has 2 fully saturated rings. The SMILES string of the molecule is Cc1c([C@H]2[C@H](c3ccccn3)NC(=S)N2c2ccc(OC3CCCC3)cc2)c(C)n(-c2ccccc2)c1C. The van der Waals surface area contributed by atoms with Gasteiger partial charge in [0.1, 0.15) is 5.75 Å². The van der Waals surface area contributed by atoms with E-state index in [2.05, 4.69) is 96.2 Å². The summed E-state index contributed by atoms with van der Waals surface area (Å²) in [4.78, 5) is 7.00. The predicted octanol–water partition coefficient (Wildman–Crippen LogP) is 7.30. The largest absolute Gasteiger partial charge is 0.490 e. The van der Waals surface area contributed by atoms with E-state index in [9.17, 15) is 0 Å². The molecule has 38 heavy (non-hydrogen) atoms. The van der Waals surface area contributed by atoms with E-state index in [4.69, 9.17) is 21.9 Å². The van der Waals surface area contributed by atoms with Crippen LogP contribution in [0.25, 0.3) is 5.69 Å². The van der Waals surface area contributed by atoms with Gasteiger partial charge >= 0.3 is 0 Å². The third-order valence-electron chi connectivity index (χ3n) is 8.14. The maximum atomic E-state index is 6.25. The van der Waals surface area contributed by atoms with Gasteiger partial charge in [-0.2, -0.15) is 0 Å². The minimum atomic E-state index is -0.0819. The molecule has 2 atom stereocenters. The average Bonchev–Trinajstić information content (AvgIpc) is 3.63. The van der Waals surface area contributed by atoms with Gasteiger partial charge in [0.05, 0.1) is 23.9 Å². The van der Waals surface area contributed by atoms with Crippen molar-refractivity contribution in [2.45, 2.75) is 64.6 Å². The van der Waals surface area contributed by atoms with Crippen molar-refractivity contribution in [1.82, 2.24) is 14.9 Å². The van der Waals surface area contributed by atoms with E-state index in [1.54, 1.807) is 0 Å². The lowest BCUT2D eigenvalue weighted by Crippen LogP contribution is -2.29. The summed E-state index contributed by atoms with van der Waals surface area (Å²) in [6, 6.07) is 25.0. The summed E-state index contributed by atoms with van der Waals surface area (Å²) in [6.45, 7) is 6.65. The molecule has 6 heteroatoms. The summed E-state index contributed by atoms with van der Waals surface area (Å²) in [5, 5.41) is 4.33. The number of hydrogen-bond acceptors (Lipinski definition) is 3. The van der Waals surface area contributed by atoms with Gasteiger partial charge < -0.3 is 19.5 Å². The van der Waals surface area contributed by atoms with E-state index >= 15 is 0 Å². The van der Waals surface area contributed by atoms with Crippen LogP contribution in [0.1, 0.15) is 66.0 Å². The number of para-hydroxylation sites is 1. The van der Waals surface area contributed by atoms with Gasteiger partial charge in [0.15, 0.2) is 5.11 Å². The molecule has 3 heterocycles. The molecular weight excluding hydrogens is 488 g/mol. The van der Waals surface area contributed by atoms with Crippen LogP contribution < -0.4 is 15.0 Å². The van der Waals surface area contributed by atoms with E-state index in [-0.39, 0.29) is 12.1 Å². The number of anilines is 1. The van der Waals surface area contributed by atoms with Crippen molar-refractivity contribution in [2.75, 3.05) is 4.90 Å². The Kier molecular flexibility index (Phi) is 6.66. The number of nitrogens with one attached hydrogen (secondary N) is 1. The molecule has 1 aliphatic carbocycles. The Bertz CT molecular complexity index is 1430. The summed E-state index contributed by atoms with van der Waals surface area (Å²) >= 11 is 5.99. The molecular formula is C32H34N4OS. The average molecular weight is 523 g/mol. The van der Waals surface area contributed by atoms with Crippen LogP contribution in [-0.2, 0) is 0 Å². The summed E-state index contributed by atoms with van der Waals surface area (Å²) in [6.07, 6.45) is 7.00. The van der Waals surface area contributed by atoms with Gasteiger partial charge in [0, 0.05) is 34.5 Å². The van der Waals surface area contributed by atoms with Gasteiger partial charge in [-0.15, -0.1) is 0 Å². The molecule has 6 rings (SSSR count). The van der Waals surface area contributed by atoms with Crippen molar-refractivity contribution >= 4 is 23.0 Å². The Labute approximate surface area is 230 Å². The quantitative estimate of drug-likeness (QED) is 0.269. The number of pyridine rings is 1. The van der Waals surface area contributed by atoms with Gasteiger partial charge in [-0.3, -0.25) is 4.98 Å². The predicted molar refractivity (Wildman–Crippen MR) is 157 cm³/mol. The molecule has 2 aliphatic rings. The molecule has 0 bridgehead atoms. The van der Waals surface area contributed by atoms with Crippen LogP contribution in [0.15, 0.2) is 79.0 Å². The van der Waals surface area contributed by atoms with E-state index in [0.29, 0.717) is 11.2 Å². The van der Waals surface area contributed by atoms with E-state index in [1.807, 2.05) is 18.3 Å². The number of nitrogens with zero attached hydrogens (tertiary/aromatic N) is 3. The summed E-state index contributed by atoms with van der Waals surface area (Å²) in [5.74, 6) is 0.926. The van der Waals surface area contributed by atoms with Gasteiger partial charge in [-0.05, 0) is 113 Å². The second kappa shape index (κ2) is 10.3. The molecule has 1 saturated carbocycles. The summed E-state index contributed by atoms with van der Waals surface area (Å²) < 4.78 is 8.61. The molecule has 0 radical (unpaired) electrons. The van der Waals surface area contributed by atoms with Crippen molar-refractivity contribution < 1.29 is 4.74 Å². The Balaban J connectivity index is 1.44. The first-order chi connectivity index (χ1) is 18.5. The lowest BCUT2D eigenvalue weighted by Gasteiger charge is -2.29. The molecule has 4 aromatic rings. The maximum absolute atomic E-state index is 6.25. The highest BCUT2D eigenvalue weighted by Gasteiger charge is 2.43. The smallest absolute Gasteiger partial charge is 0.174 e. The molecule has 5 nitrogen and oxygen atoms in total. The molecule has 1 aliphatic heterocycles. The monoisotopic (exact) mass is 522 g/mol. The first-order valence-corrected chi connectivity index (χ1v) is 13.9. The number of ether oxygens (including phenoxy) is 1. The molecule has 2 aromatic heterocycles. The maximum Gasteiger partial charge on any atom is 0.174 e. The third kappa shape index (κ3) is 4.37. The van der Waals surface area contributed by atoms with E-state index in [1.165, 1.54) is 41.0 Å². The van der Waals surface area contributed by atoms with Crippen molar-refractivity contribution in [3.8, 4) is 11.4 Å². The molecule has 194 valence electrons. The van der Waals surface area contributed by atoms with Crippen LogP contribution in [0.4, 0.5) is 5.69 Å². The highest BCUT2D eigenvalue weighted by Crippen LogP contribution is 2.45. The fraction of sp³-hybridized carbons (Fsp3) is 0.312. The van der Waals surface area contributed by atoms with Crippen LogP contribution in [0, 0.1) is 20.8 Å². The van der Waals surface area contributed by atoms with Crippen LogP contribution in [0.5, 0.6) is 5.75 Å². The zero-order chi connectivity index (χ0) is 26.2. The molecule has 0 amide bonds. The second-order valence-corrected chi connectivity index (χ2v) is 10.8. The normalized spacial score (nSPS) is 19.7. The second-order valence-electron chi connectivity index (χ2n) is 10.4. The van der Waals surface area contributed by atoms with Crippen LogP contribution in [0.2, 0.25) is 0 Å². The number of thiocarbonyl (C=S) groups is 1. The molecule has 2 aromatic carbocycles. The number of rotatable bonds is 6. The fourth-order valence-electron chi connectivity index (χ4n) is 6.22. The van der Waals surface area contributed by atoms with Crippen LogP contribution in [0.3, 0.4) is 0 Å². The van der Waals surface area contributed by atoms with Gasteiger partial charge in [0.2, 0.25) is 0 Å². The molecule has 1 N–H and O–H groups in total. The zero-order valence-corrected chi connectivity index (χ0v) is 23.0. The van der Waals surface area contributed by atoms with Crippen LogP contribution >= 0.6 is 12.2 Å². The third-order valence-corrected chi connectivity index (χ3v) is 8.45. The van der Waals surface area contributed by atoms with Crippen molar-refractivity contribution in [1.29, 1.82) is 0 Å². The first kappa shape index (κ1) is 24.7. The minimum Gasteiger partial charge on any atom is -0.490 e. The summed E-state index contributed by atoms with van der Waals surface area (Å²) in [7, 11) is 0.